The summed E-state index contributed by atoms with van der Waals surface area (Å²) in [6, 6.07) is 16.0. The Morgan fingerprint density at radius 2 is 1.48 bits per heavy atom. The summed E-state index contributed by atoms with van der Waals surface area (Å²) in [5.41, 5.74) is 1.56. The van der Waals surface area contributed by atoms with Crippen LogP contribution in [0.3, 0.4) is 0 Å². The topological polar surface area (TPSA) is 52.5 Å². The molecule has 0 radical (unpaired) electrons. The van der Waals surface area contributed by atoms with Crippen LogP contribution in [-0.4, -0.2) is 35.1 Å². The van der Waals surface area contributed by atoms with E-state index < -0.39 is 24.4 Å². The molecule has 3 atom stereocenters. The highest BCUT2D eigenvalue weighted by molar-refractivity contribution is 5.19. The predicted molar refractivity (Wildman–Crippen MR) is 90.0 cm³/mol. The molecule has 0 amide bonds. The number of aliphatic hydroxyl groups excluding tert-OH is 2. The molecule has 0 heterocycles. The first-order valence-corrected chi connectivity index (χ1v) is 8.12. The summed E-state index contributed by atoms with van der Waals surface area (Å²) in [5.74, 6) is 0. The van der Waals surface area contributed by atoms with E-state index in [4.69, 9.17) is 0 Å². The zero-order valence-corrected chi connectivity index (χ0v) is 13.7. The smallest absolute Gasteiger partial charge is 0.394 e. The van der Waals surface area contributed by atoms with E-state index in [1.165, 1.54) is 0 Å². The lowest BCUT2D eigenvalue weighted by molar-refractivity contribution is -0.213. The Hall–Kier alpha value is -1.89. The van der Waals surface area contributed by atoms with Gasteiger partial charge in [-0.2, -0.15) is 13.2 Å². The lowest BCUT2D eigenvalue weighted by atomic mass is 9.98. The van der Waals surface area contributed by atoms with Crippen molar-refractivity contribution in [2.75, 3.05) is 6.61 Å². The monoisotopic (exact) mass is 353 g/mol. The third-order valence-corrected chi connectivity index (χ3v) is 4.10. The number of aliphatic hydroxyl groups is 2. The maximum atomic E-state index is 13.0. The Morgan fingerprint density at radius 3 is 2.00 bits per heavy atom. The van der Waals surface area contributed by atoms with E-state index in [2.05, 4.69) is 5.32 Å². The zero-order chi connectivity index (χ0) is 18.3. The van der Waals surface area contributed by atoms with Crippen molar-refractivity contribution in [1.29, 1.82) is 0 Å². The van der Waals surface area contributed by atoms with Gasteiger partial charge in [0.05, 0.1) is 12.6 Å². The largest absolute Gasteiger partial charge is 0.415 e. The minimum Gasteiger partial charge on any atom is -0.394 e. The van der Waals surface area contributed by atoms with E-state index in [9.17, 15) is 23.4 Å². The highest BCUT2D eigenvalue weighted by Crippen LogP contribution is 2.26. The van der Waals surface area contributed by atoms with Crippen molar-refractivity contribution in [3.63, 3.8) is 0 Å². The van der Waals surface area contributed by atoms with Crippen molar-refractivity contribution >= 4 is 0 Å². The van der Waals surface area contributed by atoms with E-state index in [-0.39, 0.29) is 13.0 Å². The highest BCUT2D eigenvalue weighted by atomic mass is 19.4. The van der Waals surface area contributed by atoms with E-state index in [1.54, 1.807) is 30.3 Å². The zero-order valence-electron chi connectivity index (χ0n) is 13.7. The van der Waals surface area contributed by atoms with Crippen LogP contribution < -0.4 is 5.32 Å². The van der Waals surface area contributed by atoms with Gasteiger partial charge in [0.25, 0.3) is 0 Å². The minimum atomic E-state index is -4.73. The summed E-state index contributed by atoms with van der Waals surface area (Å²) < 4.78 is 39.1. The number of alkyl halides is 3. The van der Waals surface area contributed by atoms with Crippen LogP contribution in [-0.2, 0) is 6.42 Å². The van der Waals surface area contributed by atoms with Gasteiger partial charge in [-0.1, -0.05) is 60.7 Å². The molecule has 3 N–H and O–H groups in total. The van der Waals surface area contributed by atoms with E-state index in [0.29, 0.717) is 12.0 Å². The van der Waals surface area contributed by atoms with Crippen LogP contribution >= 0.6 is 0 Å². The quantitative estimate of drug-likeness (QED) is 0.683. The van der Waals surface area contributed by atoms with Crippen LogP contribution in [0.5, 0.6) is 0 Å². The normalized spacial score (nSPS) is 15.6. The summed E-state index contributed by atoms with van der Waals surface area (Å²) in [6.07, 6.45) is -6.76. The molecule has 0 aliphatic carbocycles. The van der Waals surface area contributed by atoms with Gasteiger partial charge in [-0.3, -0.25) is 0 Å². The van der Waals surface area contributed by atoms with Gasteiger partial charge in [0, 0.05) is 6.04 Å². The number of rotatable bonds is 8. The second-order valence-electron chi connectivity index (χ2n) is 5.93. The van der Waals surface area contributed by atoms with Gasteiger partial charge in [-0.05, 0) is 24.0 Å². The molecule has 6 heteroatoms. The fraction of sp³-hybridized carbons (Fsp3) is 0.368. The van der Waals surface area contributed by atoms with Gasteiger partial charge >= 0.3 is 6.18 Å². The Kier molecular flexibility index (Phi) is 6.99. The highest BCUT2D eigenvalue weighted by Gasteiger charge is 2.43. The Balaban J connectivity index is 2.13. The SMILES string of the molecule is OC[C@H](N[C@H](CCc1ccccc1)[C@@H](O)C(F)(F)F)c1ccccc1. The summed E-state index contributed by atoms with van der Waals surface area (Å²) in [6.45, 7) is -0.365. The molecule has 0 aliphatic rings. The third kappa shape index (κ3) is 5.85. The number of nitrogens with one attached hydrogen (secondary N) is 1. The summed E-state index contributed by atoms with van der Waals surface area (Å²) in [5, 5.41) is 22.1. The van der Waals surface area contributed by atoms with Crippen molar-refractivity contribution in [3.05, 3.63) is 71.8 Å². The second-order valence-corrected chi connectivity index (χ2v) is 5.93. The number of benzene rings is 2. The fourth-order valence-electron chi connectivity index (χ4n) is 2.73. The average Bonchev–Trinajstić information content (AvgIpc) is 2.62. The Labute approximate surface area is 145 Å². The molecule has 0 aliphatic heterocycles. The van der Waals surface area contributed by atoms with E-state index in [0.717, 1.165) is 5.56 Å². The first-order valence-electron chi connectivity index (χ1n) is 8.12. The molecule has 2 aromatic rings. The molecule has 0 saturated carbocycles. The summed E-state index contributed by atoms with van der Waals surface area (Å²) in [7, 11) is 0. The van der Waals surface area contributed by atoms with Crippen LogP contribution in [0.1, 0.15) is 23.6 Å². The van der Waals surface area contributed by atoms with Gasteiger partial charge in [-0.25, -0.2) is 0 Å². The van der Waals surface area contributed by atoms with Gasteiger partial charge in [0.1, 0.15) is 0 Å². The van der Waals surface area contributed by atoms with Gasteiger partial charge in [-0.15, -0.1) is 0 Å². The molecule has 2 rings (SSSR count). The maximum absolute atomic E-state index is 13.0. The molecule has 0 bridgehead atoms. The lowest BCUT2D eigenvalue weighted by Crippen LogP contribution is -2.49. The molecule has 2 aromatic carbocycles. The lowest BCUT2D eigenvalue weighted by Gasteiger charge is -2.30. The Morgan fingerprint density at radius 1 is 0.920 bits per heavy atom. The fourth-order valence-corrected chi connectivity index (χ4v) is 2.73. The van der Waals surface area contributed by atoms with Crippen LogP contribution in [0.4, 0.5) is 13.2 Å². The number of aryl methyl sites for hydroxylation is 1. The summed E-state index contributed by atoms with van der Waals surface area (Å²) >= 11 is 0. The molecular weight excluding hydrogens is 331 g/mol. The van der Waals surface area contributed by atoms with Gasteiger partial charge < -0.3 is 15.5 Å². The molecule has 0 fully saturated rings. The van der Waals surface area contributed by atoms with Crippen molar-refractivity contribution in [2.24, 2.45) is 0 Å². The standard InChI is InChI=1S/C19H22F3NO2/c20-19(21,22)18(25)16(12-11-14-7-3-1-4-8-14)23-17(13-24)15-9-5-2-6-10-15/h1-10,16-18,23-25H,11-13H2/t16-,17+,18-/m1/s1. The Bertz CT molecular complexity index is 620. The average molecular weight is 353 g/mol. The van der Waals surface area contributed by atoms with Crippen molar-refractivity contribution in [2.45, 2.75) is 37.2 Å². The first-order chi connectivity index (χ1) is 11.9. The molecular formula is C19H22F3NO2. The van der Waals surface area contributed by atoms with Gasteiger partial charge in [0.15, 0.2) is 6.10 Å². The first kappa shape index (κ1) is 19.4. The van der Waals surface area contributed by atoms with Crippen LogP contribution in [0.15, 0.2) is 60.7 Å². The molecule has 0 spiro atoms. The van der Waals surface area contributed by atoms with Crippen molar-refractivity contribution < 1.29 is 23.4 Å². The van der Waals surface area contributed by atoms with E-state index >= 15 is 0 Å². The maximum Gasteiger partial charge on any atom is 0.415 e. The van der Waals surface area contributed by atoms with Crippen LogP contribution in [0.2, 0.25) is 0 Å². The molecule has 0 aromatic heterocycles. The number of halogens is 3. The van der Waals surface area contributed by atoms with E-state index in [1.807, 2.05) is 30.3 Å². The molecule has 0 saturated heterocycles. The molecule has 25 heavy (non-hydrogen) atoms. The molecule has 3 nitrogen and oxygen atoms in total. The number of hydrogen-bond donors (Lipinski definition) is 3. The van der Waals surface area contributed by atoms with Crippen molar-refractivity contribution in [3.8, 4) is 0 Å². The number of hydrogen-bond acceptors (Lipinski definition) is 3. The minimum absolute atomic E-state index is 0.0913. The molecule has 0 unspecified atom stereocenters. The van der Waals surface area contributed by atoms with Crippen LogP contribution in [0.25, 0.3) is 0 Å². The summed E-state index contributed by atoms with van der Waals surface area (Å²) in [4.78, 5) is 0. The predicted octanol–water partition coefficient (Wildman–Crippen LogP) is 3.23. The molecule has 136 valence electrons. The van der Waals surface area contributed by atoms with Gasteiger partial charge in [0.2, 0.25) is 0 Å². The third-order valence-electron chi connectivity index (χ3n) is 4.10. The second kappa shape index (κ2) is 8.99. The van der Waals surface area contributed by atoms with Crippen molar-refractivity contribution in [1.82, 2.24) is 5.32 Å². The van der Waals surface area contributed by atoms with Crippen LogP contribution in [0, 0.1) is 0 Å².